The van der Waals surface area contributed by atoms with E-state index in [0.717, 1.165) is 4.88 Å². The lowest BCUT2D eigenvalue weighted by Gasteiger charge is -2.03. The zero-order chi connectivity index (χ0) is 10.1. The van der Waals surface area contributed by atoms with Gasteiger partial charge in [-0.1, -0.05) is 29.8 Å². The lowest BCUT2D eigenvalue weighted by molar-refractivity contribution is 0.622. The number of benzene rings is 1. The van der Waals surface area contributed by atoms with Crippen LogP contribution in [0.4, 0.5) is 4.39 Å². The van der Waals surface area contributed by atoms with Gasteiger partial charge in [-0.25, -0.2) is 4.39 Å². The fourth-order valence-corrected chi connectivity index (χ4v) is 2.49. The fraction of sp³-hybridized carbons (Fsp3) is 0.0909. The number of thiophene rings is 1. The minimum atomic E-state index is -0.183. The summed E-state index contributed by atoms with van der Waals surface area (Å²) >= 11 is 7.40. The van der Waals surface area contributed by atoms with Crippen LogP contribution in [0.1, 0.15) is 5.56 Å². The van der Waals surface area contributed by atoms with Crippen LogP contribution < -0.4 is 0 Å². The third-order valence-corrected chi connectivity index (χ3v) is 3.43. The Morgan fingerprint density at radius 1 is 1.29 bits per heavy atom. The molecule has 2 rings (SSSR count). The van der Waals surface area contributed by atoms with Crippen LogP contribution >= 0.6 is 22.9 Å². The van der Waals surface area contributed by atoms with E-state index in [2.05, 4.69) is 0 Å². The summed E-state index contributed by atoms with van der Waals surface area (Å²) < 4.78 is 13.7. The van der Waals surface area contributed by atoms with Crippen LogP contribution in [0.2, 0.25) is 5.02 Å². The topological polar surface area (TPSA) is 0 Å². The molecular formula is C11H8ClFS. The molecule has 0 atom stereocenters. The molecule has 14 heavy (non-hydrogen) atoms. The third kappa shape index (κ3) is 1.56. The van der Waals surface area contributed by atoms with Crippen LogP contribution in [-0.4, -0.2) is 0 Å². The summed E-state index contributed by atoms with van der Waals surface area (Å²) in [5, 5.41) is 2.47. The predicted molar refractivity (Wildman–Crippen MR) is 59.5 cm³/mol. The number of rotatable bonds is 1. The lowest BCUT2D eigenvalue weighted by atomic mass is 10.1. The second-order valence-electron chi connectivity index (χ2n) is 3.03. The van der Waals surface area contributed by atoms with Gasteiger partial charge in [-0.15, -0.1) is 11.3 Å². The zero-order valence-corrected chi connectivity index (χ0v) is 9.12. The van der Waals surface area contributed by atoms with Crippen molar-refractivity contribution in [1.82, 2.24) is 0 Å². The first-order chi connectivity index (χ1) is 6.70. The van der Waals surface area contributed by atoms with Gasteiger partial charge in [0.15, 0.2) is 0 Å². The van der Waals surface area contributed by atoms with Crippen LogP contribution in [0.25, 0.3) is 10.4 Å². The molecule has 0 radical (unpaired) electrons. The van der Waals surface area contributed by atoms with Gasteiger partial charge in [0.05, 0.1) is 9.90 Å². The van der Waals surface area contributed by atoms with E-state index < -0.39 is 0 Å². The highest BCUT2D eigenvalue weighted by molar-refractivity contribution is 7.14. The molecule has 0 spiro atoms. The maximum atomic E-state index is 13.7. The Kier molecular flexibility index (Phi) is 2.57. The molecule has 0 amide bonds. The number of aryl methyl sites for hydroxylation is 1. The van der Waals surface area contributed by atoms with E-state index in [-0.39, 0.29) is 5.82 Å². The molecule has 0 bridgehead atoms. The van der Waals surface area contributed by atoms with E-state index in [4.69, 9.17) is 11.6 Å². The first-order valence-electron chi connectivity index (χ1n) is 4.18. The Hall–Kier alpha value is -0.860. The Morgan fingerprint density at radius 3 is 2.71 bits per heavy atom. The van der Waals surface area contributed by atoms with Crippen molar-refractivity contribution in [2.24, 2.45) is 0 Å². The van der Waals surface area contributed by atoms with Crippen molar-refractivity contribution in [3.05, 3.63) is 46.0 Å². The first kappa shape index (κ1) is 9.69. The van der Waals surface area contributed by atoms with E-state index >= 15 is 0 Å². The normalized spacial score (nSPS) is 10.5. The van der Waals surface area contributed by atoms with Gasteiger partial charge in [0, 0.05) is 5.56 Å². The summed E-state index contributed by atoms with van der Waals surface area (Å²) in [6.45, 7) is 1.75. The molecule has 2 aromatic rings. The molecule has 0 nitrogen and oxygen atoms in total. The van der Waals surface area contributed by atoms with E-state index in [1.807, 2.05) is 11.4 Å². The minimum absolute atomic E-state index is 0.183. The molecule has 0 unspecified atom stereocenters. The number of hydrogen-bond donors (Lipinski definition) is 0. The first-order valence-corrected chi connectivity index (χ1v) is 5.44. The molecular weight excluding hydrogens is 219 g/mol. The maximum Gasteiger partial charge on any atom is 0.134 e. The summed E-state index contributed by atoms with van der Waals surface area (Å²) in [7, 11) is 0. The van der Waals surface area contributed by atoms with Gasteiger partial charge in [-0.3, -0.25) is 0 Å². The van der Waals surface area contributed by atoms with Crippen LogP contribution in [0, 0.1) is 12.7 Å². The second kappa shape index (κ2) is 3.71. The van der Waals surface area contributed by atoms with Crippen molar-refractivity contribution in [3.8, 4) is 10.4 Å². The van der Waals surface area contributed by atoms with E-state index in [1.54, 1.807) is 25.1 Å². The van der Waals surface area contributed by atoms with Gasteiger partial charge < -0.3 is 0 Å². The molecule has 1 aromatic heterocycles. The molecule has 0 saturated carbocycles. The highest BCUT2D eigenvalue weighted by atomic mass is 35.5. The molecule has 1 heterocycles. The van der Waals surface area contributed by atoms with Crippen molar-refractivity contribution >= 4 is 22.9 Å². The third-order valence-electron chi connectivity index (χ3n) is 2.05. The van der Waals surface area contributed by atoms with Crippen molar-refractivity contribution < 1.29 is 4.39 Å². The molecule has 0 saturated heterocycles. The number of halogens is 2. The molecule has 0 aliphatic carbocycles. The summed E-state index contributed by atoms with van der Waals surface area (Å²) in [4.78, 5) is 0.799. The Balaban J connectivity index is 2.63. The van der Waals surface area contributed by atoms with Crippen LogP contribution in [0.15, 0.2) is 29.6 Å². The average molecular weight is 227 g/mol. The SMILES string of the molecule is Cc1cccc(-c2sccc2Cl)c1F. The van der Waals surface area contributed by atoms with E-state index in [0.29, 0.717) is 16.1 Å². The van der Waals surface area contributed by atoms with Gasteiger partial charge in [-0.2, -0.15) is 0 Å². The molecule has 0 fully saturated rings. The quantitative estimate of drug-likeness (QED) is 0.671. The fourth-order valence-electron chi connectivity index (χ4n) is 1.31. The largest absolute Gasteiger partial charge is 0.206 e. The predicted octanol–water partition coefficient (Wildman–Crippen LogP) is 4.52. The van der Waals surface area contributed by atoms with Crippen molar-refractivity contribution in [3.63, 3.8) is 0 Å². The van der Waals surface area contributed by atoms with Gasteiger partial charge in [0.25, 0.3) is 0 Å². The smallest absolute Gasteiger partial charge is 0.134 e. The average Bonchev–Trinajstić information content (AvgIpc) is 2.57. The summed E-state index contributed by atoms with van der Waals surface area (Å²) in [5.74, 6) is -0.183. The molecule has 3 heteroatoms. The van der Waals surface area contributed by atoms with Crippen molar-refractivity contribution in [2.45, 2.75) is 6.92 Å². The summed E-state index contributed by atoms with van der Waals surface area (Å²) in [5.41, 5.74) is 1.23. The van der Waals surface area contributed by atoms with E-state index in [9.17, 15) is 4.39 Å². The molecule has 0 aliphatic rings. The Morgan fingerprint density at radius 2 is 2.07 bits per heavy atom. The lowest BCUT2D eigenvalue weighted by Crippen LogP contribution is -1.85. The summed E-state index contributed by atoms with van der Waals surface area (Å²) in [6, 6.07) is 7.12. The minimum Gasteiger partial charge on any atom is -0.206 e. The molecule has 1 aromatic carbocycles. The van der Waals surface area contributed by atoms with Gasteiger partial charge in [-0.05, 0) is 23.9 Å². The van der Waals surface area contributed by atoms with Crippen molar-refractivity contribution in [2.75, 3.05) is 0 Å². The number of hydrogen-bond acceptors (Lipinski definition) is 1. The molecule has 72 valence electrons. The molecule has 0 aliphatic heterocycles. The van der Waals surface area contributed by atoms with Crippen LogP contribution in [0.3, 0.4) is 0 Å². The van der Waals surface area contributed by atoms with Crippen LogP contribution in [-0.2, 0) is 0 Å². The molecule has 0 N–H and O–H groups in total. The van der Waals surface area contributed by atoms with Crippen molar-refractivity contribution in [1.29, 1.82) is 0 Å². The highest BCUT2D eigenvalue weighted by Gasteiger charge is 2.11. The second-order valence-corrected chi connectivity index (χ2v) is 4.36. The van der Waals surface area contributed by atoms with Gasteiger partial charge in [0.2, 0.25) is 0 Å². The van der Waals surface area contributed by atoms with Gasteiger partial charge in [0.1, 0.15) is 5.82 Å². The standard InChI is InChI=1S/C11H8ClFS/c1-7-3-2-4-8(10(7)13)11-9(12)5-6-14-11/h2-6H,1H3. The Labute approximate surface area is 91.0 Å². The monoisotopic (exact) mass is 226 g/mol. The van der Waals surface area contributed by atoms with E-state index in [1.165, 1.54) is 11.3 Å². The summed E-state index contributed by atoms with van der Waals surface area (Å²) in [6.07, 6.45) is 0. The highest BCUT2D eigenvalue weighted by Crippen LogP contribution is 2.35. The Bertz CT molecular complexity index is 462. The van der Waals surface area contributed by atoms with Gasteiger partial charge >= 0.3 is 0 Å². The van der Waals surface area contributed by atoms with Crippen LogP contribution in [0.5, 0.6) is 0 Å². The maximum absolute atomic E-state index is 13.7. The zero-order valence-electron chi connectivity index (χ0n) is 7.55.